The first kappa shape index (κ1) is 40.0. The van der Waals surface area contributed by atoms with Gasteiger partial charge >= 0.3 is 0 Å². The molecule has 0 aromatic heterocycles. The molecule has 4 rings (SSSR count). The predicted molar refractivity (Wildman–Crippen MR) is 195 cm³/mol. The van der Waals surface area contributed by atoms with Crippen molar-refractivity contribution in [3.05, 3.63) is 35.9 Å². The van der Waals surface area contributed by atoms with Crippen molar-refractivity contribution < 1.29 is 28.8 Å². The number of Topliss-reactive ketones (excluding diaryl/α,β-unsaturated/α-hetero) is 1. The monoisotopic (exact) mass is 708 g/mol. The van der Waals surface area contributed by atoms with Crippen LogP contribution in [-0.2, 0) is 28.8 Å². The molecule has 282 valence electrons. The molecule has 3 fully saturated rings. The van der Waals surface area contributed by atoms with E-state index in [1.165, 1.54) is 11.3 Å². The van der Waals surface area contributed by atoms with Crippen LogP contribution in [0.4, 0.5) is 0 Å². The summed E-state index contributed by atoms with van der Waals surface area (Å²) in [4.78, 5) is 83.8. The fraction of sp³-hybridized carbons (Fsp3) is 0.692. The molecule has 51 heavy (non-hydrogen) atoms. The number of likely N-dealkylation sites (tertiary alicyclic amines) is 1. The number of carbonyl (C=O) groups is 6. The number of benzene rings is 1. The maximum atomic E-state index is 14.4. The summed E-state index contributed by atoms with van der Waals surface area (Å²) >= 11 is 0. The van der Waals surface area contributed by atoms with Gasteiger partial charge in [-0.1, -0.05) is 90.6 Å². The Morgan fingerprint density at radius 1 is 0.941 bits per heavy atom. The van der Waals surface area contributed by atoms with Crippen molar-refractivity contribution in [1.82, 2.24) is 31.1 Å². The summed E-state index contributed by atoms with van der Waals surface area (Å²) in [5.41, 5.74) is 0.458. The Bertz CT molecular complexity index is 1410. The normalized spacial score (nSPS) is 22.7. The van der Waals surface area contributed by atoms with Crippen molar-refractivity contribution in [2.45, 2.75) is 110 Å². The lowest BCUT2D eigenvalue weighted by molar-refractivity contribution is -0.145. The van der Waals surface area contributed by atoms with Crippen molar-refractivity contribution in [3.63, 3.8) is 0 Å². The number of hydrogen-bond donors (Lipinski definition) is 4. The van der Waals surface area contributed by atoms with Crippen LogP contribution in [0.15, 0.2) is 30.3 Å². The van der Waals surface area contributed by atoms with Crippen LogP contribution in [0.5, 0.6) is 0 Å². The second kappa shape index (κ2) is 17.6. The number of hydrogen-bond acceptors (Lipinski definition) is 7. The minimum atomic E-state index is -1.12. The zero-order valence-corrected chi connectivity index (χ0v) is 31.6. The number of piperidine rings is 1. The first-order chi connectivity index (χ1) is 24.2. The first-order valence-electron chi connectivity index (χ1n) is 18.9. The maximum Gasteiger partial charge on any atom is 0.290 e. The summed E-state index contributed by atoms with van der Waals surface area (Å²) in [7, 11) is 3.16. The highest BCUT2D eigenvalue weighted by Gasteiger charge is 2.69. The minimum Gasteiger partial charge on any atom is -0.347 e. The number of carbonyl (C=O) groups excluding carboxylic acids is 6. The molecular weight excluding hydrogens is 648 g/mol. The zero-order valence-electron chi connectivity index (χ0n) is 31.6. The Hall–Kier alpha value is -3.80. The summed E-state index contributed by atoms with van der Waals surface area (Å²) in [6.45, 7) is 11.1. The van der Waals surface area contributed by atoms with Crippen LogP contribution in [-0.4, -0.2) is 97.0 Å². The molecule has 1 aromatic carbocycles. The third-order valence-corrected chi connectivity index (χ3v) is 11.2. The van der Waals surface area contributed by atoms with Gasteiger partial charge in [0.25, 0.3) is 5.91 Å². The molecule has 2 saturated carbocycles. The number of likely N-dealkylation sites (N-methyl/N-ethyl adjacent to an activating group) is 1. The summed E-state index contributed by atoms with van der Waals surface area (Å²) < 4.78 is 0. The summed E-state index contributed by atoms with van der Waals surface area (Å²) in [6.07, 6.45) is 7.00. The molecule has 0 bridgehead atoms. The number of amides is 5. The number of nitrogens with zero attached hydrogens (tertiary/aromatic N) is 2. The Morgan fingerprint density at radius 2 is 1.61 bits per heavy atom. The Balaban J connectivity index is 1.43. The second-order valence-electron chi connectivity index (χ2n) is 15.9. The van der Waals surface area contributed by atoms with Gasteiger partial charge in [-0.2, -0.15) is 0 Å². The SMILES string of the molecule is CCCC(NC(=O)C1[C@H]2[C@@H](CN1C(=O)[C@@H](NCCC(C)C)C1CCCCC1)C2(C)C)C(=O)C(=O)NCC(=O)N[C@H](C(=O)N(C)C)c1ccccc1. The molecular formula is C39H60N6O6. The Morgan fingerprint density at radius 3 is 2.22 bits per heavy atom. The molecule has 0 radical (unpaired) electrons. The average Bonchev–Trinajstić information content (AvgIpc) is 3.40. The van der Waals surface area contributed by atoms with Crippen LogP contribution in [0.2, 0.25) is 0 Å². The van der Waals surface area contributed by atoms with E-state index in [-0.39, 0.29) is 47.4 Å². The quantitative estimate of drug-likeness (QED) is 0.181. The van der Waals surface area contributed by atoms with Crippen molar-refractivity contribution in [3.8, 4) is 0 Å². The Labute approximate surface area is 303 Å². The lowest BCUT2D eigenvalue weighted by Gasteiger charge is -2.37. The first-order valence-corrected chi connectivity index (χ1v) is 18.9. The molecule has 3 aliphatic rings. The lowest BCUT2D eigenvalue weighted by atomic mass is 9.83. The molecule has 1 aromatic rings. The van der Waals surface area contributed by atoms with E-state index in [0.717, 1.165) is 38.6 Å². The molecule has 5 amide bonds. The topological polar surface area (TPSA) is 157 Å². The lowest BCUT2D eigenvalue weighted by Crippen LogP contribution is -2.59. The van der Waals surface area contributed by atoms with Gasteiger partial charge in [-0.3, -0.25) is 28.8 Å². The van der Waals surface area contributed by atoms with Crippen molar-refractivity contribution in [2.24, 2.45) is 29.1 Å². The smallest absolute Gasteiger partial charge is 0.290 e. The van der Waals surface area contributed by atoms with E-state index in [9.17, 15) is 28.8 Å². The third kappa shape index (κ3) is 9.75. The molecule has 2 unspecified atom stereocenters. The van der Waals surface area contributed by atoms with Gasteiger partial charge in [0, 0.05) is 20.6 Å². The van der Waals surface area contributed by atoms with Gasteiger partial charge in [-0.05, 0) is 66.9 Å². The van der Waals surface area contributed by atoms with Gasteiger partial charge in [0.2, 0.25) is 29.4 Å². The van der Waals surface area contributed by atoms with Crippen LogP contribution in [0.25, 0.3) is 0 Å². The highest BCUT2D eigenvalue weighted by atomic mass is 16.2. The number of ketones is 1. The Kier molecular flexibility index (Phi) is 13.8. The molecule has 2 aliphatic carbocycles. The third-order valence-electron chi connectivity index (χ3n) is 11.2. The fourth-order valence-electron chi connectivity index (χ4n) is 8.07. The maximum absolute atomic E-state index is 14.4. The summed E-state index contributed by atoms with van der Waals surface area (Å²) in [5, 5.41) is 11.4. The molecule has 4 N–H and O–H groups in total. The number of rotatable bonds is 17. The highest BCUT2D eigenvalue weighted by molar-refractivity contribution is 6.38. The summed E-state index contributed by atoms with van der Waals surface area (Å²) in [6, 6.07) is 5.56. The van der Waals surface area contributed by atoms with Crippen LogP contribution >= 0.6 is 0 Å². The molecule has 1 saturated heterocycles. The van der Waals surface area contributed by atoms with Crippen LogP contribution < -0.4 is 21.3 Å². The molecule has 1 heterocycles. The van der Waals surface area contributed by atoms with Crippen LogP contribution in [0, 0.1) is 29.1 Å². The van der Waals surface area contributed by atoms with E-state index in [4.69, 9.17) is 0 Å². The molecule has 1 aliphatic heterocycles. The number of fused-ring (bicyclic) bond motifs is 1. The van der Waals surface area contributed by atoms with Gasteiger partial charge in [-0.15, -0.1) is 0 Å². The zero-order chi connectivity index (χ0) is 37.5. The standard InChI is InChI=1S/C39H60N6O6/c1-8-15-28(34(47)36(49)41-22-29(46)43-32(37(50)44(6)7)26-18-13-10-14-19-26)42-35(48)33-30-27(39(30,4)5)23-45(33)38(51)31(40-21-20-24(2)3)25-16-11-9-12-17-25/h10,13-14,18-19,24-25,27-28,30-33,40H,8-9,11-12,15-17,20-23H2,1-7H3,(H,41,49)(H,42,48)(H,43,46)/t27-,28?,30-,31+,32+,33?/m1/s1. The molecule has 12 nitrogen and oxygen atoms in total. The van der Waals surface area contributed by atoms with E-state index in [0.29, 0.717) is 24.4 Å². The van der Waals surface area contributed by atoms with Crippen molar-refractivity contribution in [2.75, 3.05) is 33.7 Å². The van der Waals surface area contributed by atoms with Gasteiger partial charge in [0.15, 0.2) is 0 Å². The highest BCUT2D eigenvalue weighted by Crippen LogP contribution is 2.65. The van der Waals surface area contributed by atoms with Crippen molar-refractivity contribution in [1.29, 1.82) is 0 Å². The van der Waals surface area contributed by atoms with Gasteiger partial charge in [0.1, 0.15) is 12.1 Å². The van der Waals surface area contributed by atoms with Crippen LogP contribution in [0.3, 0.4) is 0 Å². The van der Waals surface area contributed by atoms with Gasteiger partial charge < -0.3 is 31.1 Å². The second-order valence-corrected chi connectivity index (χ2v) is 15.9. The van der Waals surface area contributed by atoms with Gasteiger partial charge in [-0.25, -0.2) is 0 Å². The number of nitrogens with one attached hydrogen (secondary N) is 4. The molecule has 0 spiro atoms. The van der Waals surface area contributed by atoms with Gasteiger partial charge in [0.05, 0.1) is 18.6 Å². The predicted octanol–water partition coefficient (Wildman–Crippen LogP) is 2.97. The average molecular weight is 709 g/mol. The van der Waals surface area contributed by atoms with E-state index in [1.54, 1.807) is 49.3 Å². The van der Waals surface area contributed by atoms with E-state index >= 15 is 0 Å². The molecule has 6 atom stereocenters. The summed E-state index contributed by atoms with van der Waals surface area (Å²) in [5.74, 6) is -2.47. The van der Waals surface area contributed by atoms with Crippen LogP contribution in [0.1, 0.15) is 97.6 Å². The van der Waals surface area contributed by atoms with Crippen molar-refractivity contribution >= 4 is 35.3 Å². The largest absolute Gasteiger partial charge is 0.347 e. The van der Waals surface area contributed by atoms with E-state index in [1.807, 2.05) is 6.92 Å². The minimum absolute atomic E-state index is 0.0403. The van der Waals surface area contributed by atoms with E-state index in [2.05, 4.69) is 49.0 Å². The molecule has 12 heteroatoms. The fourth-order valence-corrected chi connectivity index (χ4v) is 8.07. The van der Waals surface area contributed by atoms with E-state index < -0.39 is 48.2 Å².